The summed E-state index contributed by atoms with van der Waals surface area (Å²) in [5.41, 5.74) is -2.77. The second kappa shape index (κ2) is 14.1. The van der Waals surface area contributed by atoms with E-state index in [1.807, 2.05) is 18.2 Å². The smallest absolute Gasteiger partial charge is 0.434 e. The number of carboxylic acid groups (broad SMARTS) is 1. The molecule has 2 N–H and O–H groups in total. The van der Waals surface area contributed by atoms with Gasteiger partial charge in [-0.15, -0.1) is 0 Å². The zero-order valence-electron chi connectivity index (χ0n) is 28.7. The number of nitrogens with one attached hydrogen (secondary N) is 1. The minimum atomic E-state index is -4.99. The number of fused-ring (bicyclic) bond motifs is 2. The molecule has 1 saturated carbocycles. The summed E-state index contributed by atoms with van der Waals surface area (Å²) in [7, 11) is 0. The Balaban J connectivity index is 1.10. The maximum Gasteiger partial charge on any atom is 0.434 e. The molecule has 5 heterocycles. The van der Waals surface area contributed by atoms with E-state index in [1.165, 1.54) is 6.92 Å². The van der Waals surface area contributed by atoms with Gasteiger partial charge in [-0.1, -0.05) is 0 Å². The predicted molar refractivity (Wildman–Crippen MR) is 180 cm³/mol. The third-order valence-corrected chi connectivity index (χ3v) is 10.8. The minimum absolute atomic E-state index is 0.0184. The number of carbonyl (C=O) groups is 2. The fourth-order valence-corrected chi connectivity index (χ4v) is 8.24. The topological polar surface area (TPSA) is 143 Å². The number of carboxylic acids is 1. The van der Waals surface area contributed by atoms with Gasteiger partial charge in [-0.3, -0.25) is 9.59 Å². The van der Waals surface area contributed by atoms with Crippen LogP contribution in [0.5, 0.6) is 5.75 Å². The van der Waals surface area contributed by atoms with Crippen molar-refractivity contribution in [2.45, 2.75) is 75.2 Å². The number of aromatic nitrogens is 4. The van der Waals surface area contributed by atoms with E-state index in [4.69, 9.17) is 9.47 Å². The van der Waals surface area contributed by atoms with Crippen LogP contribution in [0.15, 0.2) is 42.9 Å². The first-order chi connectivity index (χ1) is 24.8. The normalized spacial score (nSPS) is 24.8. The van der Waals surface area contributed by atoms with Crippen LogP contribution in [0.3, 0.4) is 0 Å². The number of carbonyl (C=O) groups excluding carboxylic acids is 1. The van der Waals surface area contributed by atoms with E-state index < -0.39 is 52.2 Å². The minimum Gasteiger partial charge on any atom is -0.490 e. The van der Waals surface area contributed by atoms with E-state index in [2.05, 4.69) is 30.2 Å². The first-order valence-electron chi connectivity index (χ1n) is 17.6. The lowest BCUT2D eigenvalue weighted by Crippen LogP contribution is -2.41. The lowest BCUT2D eigenvalue weighted by atomic mass is 9.74. The summed E-state index contributed by atoms with van der Waals surface area (Å²) < 4.78 is 70.5. The Morgan fingerprint density at radius 2 is 1.81 bits per heavy atom. The molecule has 1 aromatic carbocycles. The van der Waals surface area contributed by atoms with E-state index in [-0.39, 0.29) is 37.9 Å². The Morgan fingerprint density at radius 3 is 2.50 bits per heavy atom. The third kappa shape index (κ3) is 7.48. The highest BCUT2D eigenvalue weighted by molar-refractivity contribution is 5.95. The number of halogens is 4. The molecular weight excluding hydrogens is 686 g/mol. The summed E-state index contributed by atoms with van der Waals surface area (Å²) in [5.74, 6) is -2.56. The van der Waals surface area contributed by atoms with Crippen LogP contribution in [0.2, 0.25) is 0 Å². The Labute approximate surface area is 298 Å². The zero-order chi connectivity index (χ0) is 36.7. The van der Waals surface area contributed by atoms with Crippen molar-refractivity contribution < 1.29 is 41.7 Å². The van der Waals surface area contributed by atoms with Crippen molar-refractivity contribution in [1.82, 2.24) is 25.3 Å². The van der Waals surface area contributed by atoms with Gasteiger partial charge in [0, 0.05) is 81.9 Å². The predicted octanol–water partition coefficient (Wildman–Crippen LogP) is 5.49. The monoisotopic (exact) mass is 727 g/mol. The number of hydrogen-bond donors (Lipinski definition) is 2. The van der Waals surface area contributed by atoms with Crippen LogP contribution in [0, 0.1) is 11.8 Å². The highest BCUT2D eigenvalue weighted by Crippen LogP contribution is 2.50. The molecule has 0 bridgehead atoms. The van der Waals surface area contributed by atoms with Crippen molar-refractivity contribution in [2.24, 2.45) is 11.8 Å². The molecule has 7 rings (SSSR count). The van der Waals surface area contributed by atoms with Crippen LogP contribution in [0.25, 0.3) is 0 Å². The van der Waals surface area contributed by atoms with E-state index in [0.29, 0.717) is 50.0 Å². The Hall–Kier alpha value is -4.60. The van der Waals surface area contributed by atoms with Crippen LogP contribution in [-0.2, 0) is 21.1 Å². The average Bonchev–Trinajstić information content (AvgIpc) is 3.42. The van der Waals surface area contributed by atoms with E-state index in [9.17, 15) is 32.3 Å². The summed E-state index contributed by atoms with van der Waals surface area (Å²) >= 11 is 0. The molecule has 12 nitrogen and oxygen atoms in total. The van der Waals surface area contributed by atoms with E-state index in [0.717, 1.165) is 37.7 Å². The van der Waals surface area contributed by atoms with Gasteiger partial charge in [-0.2, -0.15) is 13.2 Å². The summed E-state index contributed by atoms with van der Waals surface area (Å²) in [6.07, 6.45) is 2.04. The molecule has 2 aromatic heterocycles. The van der Waals surface area contributed by atoms with Crippen molar-refractivity contribution in [1.29, 1.82) is 0 Å². The van der Waals surface area contributed by atoms with Crippen molar-refractivity contribution in [2.75, 3.05) is 49.2 Å². The summed E-state index contributed by atoms with van der Waals surface area (Å²) in [6.45, 7) is 3.89. The first kappa shape index (κ1) is 35.8. The molecule has 52 heavy (non-hydrogen) atoms. The maximum atomic E-state index is 14.9. The highest BCUT2D eigenvalue weighted by atomic mass is 19.4. The van der Waals surface area contributed by atoms with Gasteiger partial charge in [0.05, 0.1) is 11.5 Å². The quantitative estimate of drug-likeness (QED) is 0.285. The first-order valence-corrected chi connectivity index (χ1v) is 17.6. The fourth-order valence-electron chi connectivity index (χ4n) is 8.24. The van der Waals surface area contributed by atoms with Crippen LogP contribution in [0.4, 0.5) is 35.1 Å². The van der Waals surface area contributed by atoms with Crippen molar-refractivity contribution in [3.05, 3.63) is 59.7 Å². The SMILES string of the molecule is C[C@]1(F)CC(CNC(=O)c2cnc(N3CC4(CCOCC4)c4cc(OC5CCN(c6ncccn6)CC5)ccc43)nc2C(F)(F)F)C[C@H](C(=O)O)C1. The summed E-state index contributed by atoms with van der Waals surface area (Å²) in [4.78, 5) is 45.4. The molecule has 1 unspecified atom stereocenters. The number of hydrogen-bond acceptors (Lipinski definition) is 10. The van der Waals surface area contributed by atoms with Crippen molar-refractivity contribution >= 4 is 29.5 Å². The number of nitrogens with zero attached hydrogens (tertiary/aromatic N) is 6. The molecule has 1 aliphatic carbocycles. The Kier molecular flexibility index (Phi) is 9.69. The number of piperidine rings is 1. The van der Waals surface area contributed by atoms with E-state index >= 15 is 0 Å². The van der Waals surface area contributed by atoms with Crippen LogP contribution in [-0.4, -0.2) is 88.1 Å². The standard InChI is InChI=1S/C36H41F4N7O5/c1-34(37)17-22(15-23(18-34)31(49)50)19-43-30(48)26-20-44-33(45-29(26)36(38,39)40)47-21-35(7-13-51-14-8-35)27-16-25(3-4-28(27)47)52-24-5-11-46(12-6-24)32-41-9-2-10-42-32/h2-4,9-10,16,20,22-24H,5-8,11-15,17-19,21H2,1H3,(H,43,48)(H,49,50)/t22?,23-,34-/m0/s1. The number of ether oxygens (including phenoxy) is 2. The molecule has 1 spiro atoms. The Bertz CT molecular complexity index is 1780. The fraction of sp³-hybridized carbons (Fsp3) is 0.556. The Morgan fingerprint density at radius 1 is 1.08 bits per heavy atom. The number of benzene rings is 1. The van der Waals surface area contributed by atoms with Gasteiger partial charge in [0.15, 0.2) is 5.69 Å². The van der Waals surface area contributed by atoms with Gasteiger partial charge < -0.3 is 29.7 Å². The van der Waals surface area contributed by atoms with Crippen molar-refractivity contribution in [3.63, 3.8) is 0 Å². The molecular formula is C36H41F4N7O5. The van der Waals surface area contributed by atoms with E-state index in [1.54, 1.807) is 23.4 Å². The summed E-state index contributed by atoms with van der Waals surface area (Å²) in [5, 5.41) is 11.9. The van der Waals surface area contributed by atoms with Crippen LogP contribution >= 0.6 is 0 Å². The maximum absolute atomic E-state index is 14.9. The van der Waals surface area contributed by atoms with Gasteiger partial charge in [-0.25, -0.2) is 24.3 Å². The molecule has 278 valence electrons. The lowest BCUT2D eigenvalue weighted by Gasteiger charge is -2.35. The number of aliphatic carboxylic acids is 1. The second-order valence-electron chi connectivity index (χ2n) is 14.6. The molecule has 4 aliphatic rings. The van der Waals surface area contributed by atoms with Gasteiger partial charge in [0.1, 0.15) is 17.5 Å². The molecule has 3 atom stereocenters. The van der Waals surface area contributed by atoms with Gasteiger partial charge >= 0.3 is 12.1 Å². The molecule has 3 aromatic rings. The van der Waals surface area contributed by atoms with Crippen molar-refractivity contribution in [3.8, 4) is 5.75 Å². The molecule has 3 fully saturated rings. The van der Waals surface area contributed by atoms with Crippen LogP contribution < -0.4 is 19.9 Å². The van der Waals surface area contributed by atoms with Crippen LogP contribution in [0.1, 0.15) is 73.5 Å². The highest BCUT2D eigenvalue weighted by Gasteiger charge is 2.47. The largest absolute Gasteiger partial charge is 0.490 e. The molecule has 2 saturated heterocycles. The molecule has 1 amide bonds. The lowest BCUT2D eigenvalue weighted by molar-refractivity contribution is -0.145. The number of anilines is 3. The molecule has 0 radical (unpaired) electrons. The second-order valence-corrected chi connectivity index (χ2v) is 14.6. The zero-order valence-corrected chi connectivity index (χ0v) is 28.7. The van der Waals surface area contributed by atoms with Gasteiger partial charge in [0.2, 0.25) is 11.9 Å². The number of amides is 1. The number of rotatable bonds is 8. The summed E-state index contributed by atoms with van der Waals surface area (Å²) in [6, 6.07) is 7.39. The molecule has 16 heteroatoms. The molecule has 3 aliphatic heterocycles. The average molecular weight is 728 g/mol. The number of alkyl halides is 4. The van der Waals surface area contributed by atoms with Gasteiger partial charge in [-0.05, 0) is 74.8 Å². The third-order valence-electron chi connectivity index (χ3n) is 10.8. The van der Waals surface area contributed by atoms with Gasteiger partial charge in [0.25, 0.3) is 5.91 Å².